The molecule has 1 aromatic heterocycles. The van der Waals surface area contributed by atoms with Crippen LogP contribution in [0.5, 0.6) is 0 Å². The Morgan fingerprint density at radius 2 is 2.29 bits per heavy atom. The molecule has 0 saturated carbocycles. The molecule has 7 nitrogen and oxygen atoms in total. The Morgan fingerprint density at radius 1 is 1.53 bits per heavy atom. The zero-order chi connectivity index (χ0) is 12.4. The molecule has 1 aromatic carbocycles. The Hall–Kier alpha value is -2.28. The van der Waals surface area contributed by atoms with E-state index < -0.39 is 4.92 Å². The van der Waals surface area contributed by atoms with Crippen molar-refractivity contribution < 1.29 is 4.92 Å². The van der Waals surface area contributed by atoms with E-state index in [0.29, 0.717) is 11.4 Å². The minimum Gasteiger partial charge on any atom is -0.325 e. The summed E-state index contributed by atoms with van der Waals surface area (Å²) >= 11 is 0. The molecule has 0 spiro atoms. The predicted molar refractivity (Wildman–Crippen MR) is 60.6 cm³/mol. The lowest BCUT2D eigenvalue weighted by atomic mass is 10.2. The molecular weight excluding hydrogens is 222 g/mol. The maximum absolute atomic E-state index is 10.9. The topological polar surface area (TPSA) is 99.9 Å². The van der Waals surface area contributed by atoms with Crippen LogP contribution < -0.4 is 5.73 Å². The van der Waals surface area contributed by atoms with E-state index in [-0.39, 0.29) is 12.2 Å². The van der Waals surface area contributed by atoms with Crippen LogP contribution in [0.15, 0.2) is 24.4 Å². The van der Waals surface area contributed by atoms with Crippen molar-refractivity contribution in [3.8, 4) is 5.69 Å². The summed E-state index contributed by atoms with van der Waals surface area (Å²) in [6.07, 6.45) is 1.59. The van der Waals surface area contributed by atoms with Crippen molar-refractivity contribution in [1.82, 2.24) is 15.0 Å². The number of aryl methyl sites for hydroxylation is 1. The zero-order valence-electron chi connectivity index (χ0n) is 9.20. The maximum atomic E-state index is 10.9. The molecule has 2 aromatic rings. The fourth-order valence-corrected chi connectivity index (χ4v) is 1.48. The first-order chi connectivity index (χ1) is 8.11. The highest BCUT2D eigenvalue weighted by molar-refractivity contribution is 5.53. The summed E-state index contributed by atoms with van der Waals surface area (Å²) in [5, 5.41) is 18.5. The summed E-state index contributed by atoms with van der Waals surface area (Å²) in [6, 6.07) is 4.82. The summed E-state index contributed by atoms with van der Waals surface area (Å²) in [6.45, 7) is 2.10. The van der Waals surface area contributed by atoms with E-state index in [4.69, 9.17) is 5.73 Å². The van der Waals surface area contributed by atoms with Gasteiger partial charge in [0.25, 0.3) is 5.69 Å². The number of hydrogen-bond acceptors (Lipinski definition) is 5. The van der Waals surface area contributed by atoms with Crippen molar-refractivity contribution in [2.24, 2.45) is 5.73 Å². The van der Waals surface area contributed by atoms with Gasteiger partial charge in [0.1, 0.15) is 5.69 Å². The highest BCUT2D eigenvalue weighted by Gasteiger charge is 2.16. The molecule has 0 fully saturated rings. The lowest BCUT2D eigenvalue weighted by Gasteiger charge is -2.02. The standard InChI is InChI=1S/C10H11N5O2/c1-7-2-3-9(15(16)17)10(4-7)14-6-8(5-11)12-13-14/h2-4,6H,5,11H2,1H3. The van der Waals surface area contributed by atoms with E-state index >= 15 is 0 Å². The SMILES string of the molecule is Cc1ccc([N+](=O)[O-])c(-n2cc(CN)nn2)c1. The molecule has 1 heterocycles. The van der Waals surface area contributed by atoms with Crippen molar-refractivity contribution in [3.05, 3.63) is 45.8 Å². The second-order valence-electron chi connectivity index (χ2n) is 3.61. The van der Waals surface area contributed by atoms with E-state index in [0.717, 1.165) is 5.56 Å². The number of nitrogens with zero attached hydrogens (tertiary/aromatic N) is 4. The summed E-state index contributed by atoms with van der Waals surface area (Å²) in [4.78, 5) is 10.5. The number of aromatic nitrogens is 3. The quantitative estimate of drug-likeness (QED) is 0.628. The molecular formula is C10H11N5O2. The zero-order valence-corrected chi connectivity index (χ0v) is 9.20. The van der Waals surface area contributed by atoms with Gasteiger partial charge in [-0.3, -0.25) is 10.1 Å². The summed E-state index contributed by atoms with van der Waals surface area (Å²) < 4.78 is 1.37. The Bertz CT molecular complexity index is 564. The Labute approximate surface area is 97.0 Å². The smallest absolute Gasteiger partial charge is 0.294 e. The molecule has 88 valence electrons. The average molecular weight is 233 g/mol. The maximum Gasteiger partial charge on any atom is 0.294 e. The van der Waals surface area contributed by atoms with Gasteiger partial charge in [-0.2, -0.15) is 0 Å². The normalized spacial score (nSPS) is 10.5. The van der Waals surface area contributed by atoms with Gasteiger partial charge in [-0.05, 0) is 18.6 Å². The van der Waals surface area contributed by atoms with Crippen LogP contribution in [0, 0.1) is 17.0 Å². The molecule has 0 atom stereocenters. The molecule has 0 aliphatic rings. The first kappa shape index (κ1) is 11.2. The van der Waals surface area contributed by atoms with Gasteiger partial charge in [-0.1, -0.05) is 11.3 Å². The molecule has 0 radical (unpaired) electrons. The molecule has 17 heavy (non-hydrogen) atoms. The molecule has 7 heteroatoms. The number of nitrogens with two attached hydrogens (primary N) is 1. The molecule has 0 saturated heterocycles. The minimum atomic E-state index is -0.446. The largest absolute Gasteiger partial charge is 0.325 e. The van der Waals surface area contributed by atoms with Gasteiger partial charge < -0.3 is 5.73 Å². The number of rotatable bonds is 3. The van der Waals surface area contributed by atoms with Gasteiger partial charge in [0.2, 0.25) is 0 Å². The number of nitro groups is 1. The van der Waals surface area contributed by atoms with E-state index in [1.807, 2.05) is 6.92 Å². The third kappa shape index (κ3) is 2.13. The van der Waals surface area contributed by atoms with Gasteiger partial charge in [-0.25, -0.2) is 4.68 Å². The Kier molecular flexibility index (Phi) is 2.84. The third-order valence-corrected chi connectivity index (χ3v) is 2.32. The van der Waals surface area contributed by atoms with E-state index in [9.17, 15) is 10.1 Å². The minimum absolute atomic E-state index is 0.0101. The van der Waals surface area contributed by atoms with Gasteiger partial charge in [0.05, 0.1) is 16.8 Å². The van der Waals surface area contributed by atoms with E-state index in [1.165, 1.54) is 10.7 Å². The third-order valence-electron chi connectivity index (χ3n) is 2.32. The van der Waals surface area contributed by atoms with Crippen molar-refractivity contribution in [3.63, 3.8) is 0 Å². The van der Waals surface area contributed by atoms with Crippen LogP contribution in [0.4, 0.5) is 5.69 Å². The summed E-state index contributed by atoms with van der Waals surface area (Å²) in [5.41, 5.74) is 7.30. The van der Waals surface area contributed by atoms with E-state index in [2.05, 4.69) is 10.3 Å². The second-order valence-corrected chi connectivity index (χ2v) is 3.61. The van der Waals surface area contributed by atoms with Crippen molar-refractivity contribution >= 4 is 5.69 Å². The van der Waals surface area contributed by atoms with Crippen molar-refractivity contribution in [2.75, 3.05) is 0 Å². The van der Waals surface area contributed by atoms with Crippen LogP contribution in [-0.4, -0.2) is 19.9 Å². The summed E-state index contributed by atoms with van der Waals surface area (Å²) in [7, 11) is 0. The fraction of sp³-hybridized carbons (Fsp3) is 0.200. The van der Waals surface area contributed by atoms with Gasteiger partial charge in [-0.15, -0.1) is 5.10 Å². The highest BCUT2D eigenvalue weighted by atomic mass is 16.6. The summed E-state index contributed by atoms with van der Waals surface area (Å²) in [5.74, 6) is 0. The molecule has 0 aliphatic carbocycles. The number of benzene rings is 1. The first-order valence-corrected chi connectivity index (χ1v) is 4.98. The average Bonchev–Trinajstić information content (AvgIpc) is 2.76. The highest BCUT2D eigenvalue weighted by Crippen LogP contribution is 2.23. The lowest BCUT2D eigenvalue weighted by Crippen LogP contribution is -2.01. The molecule has 0 unspecified atom stereocenters. The molecule has 0 amide bonds. The molecule has 0 aliphatic heterocycles. The fourth-order valence-electron chi connectivity index (χ4n) is 1.48. The molecule has 2 N–H and O–H groups in total. The van der Waals surface area contributed by atoms with Crippen LogP contribution in [0.1, 0.15) is 11.3 Å². The van der Waals surface area contributed by atoms with Gasteiger partial charge in [0.15, 0.2) is 0 Å². The second kappa shape index (κ2) is 4.30. The number of hydrogen-bond donors (Lipinski definition) is 1. The van der Waals surface area contributed by atoms with E-state index in [1.54, 1.807) is 18.3 Å². The Morgan fingerprint density at radius 3 is 2.88 bits per heavy atom. The van der Waals surface area contributed by atoms with Gasteiger partial charge in [0, 0.05) is 12.6 Å². The van der Waals surface area contributed by atoms with Crippen LogP contribution in [0.2, 0.25) is 0 Å². The van der Waals surface area contributed by atoms with Crippen LogP contribution >= 0.6 is 0 Å². The van der Waals surface area contributed by atoms with Crippen LogP contribution in [0.25, 0.3) is 5.69 Å². The van der Waals surface area contributed by atoms with Crippen molar-refractivity contribution in [1.29, 1.82) is 0 Å². The van der Waals surface area contributed by atoms with Crippen LogP contribution in [0.3, 0.4) is 0 Å². The monoisotopic (exact) mass is 233 g/mol. The van der Waals surface area contributed by atoms with Crippen molar-refractivity contribution in [2.45, 2.75) is 13.5 Å². The Balaban J connectivity index is 2.56. The molecule has 0 bridgehead atoms. The number of nitro benzene ring substituents is 1. The van der Waals surface area contributed by atoms with Gasteiger partial charge >= 0.3 is 0 Å². The van der Waals surface area contributed by atoms with Crippen LogP contribution in [-0.2, 0) is 6.54 Å². The lowest BCUT2D eigenvalue weighted by molar-refractivity contribution is -0.384. The predicted octanol–water partition coefficient (Wildman–Crippen LogP) is 0.943. The molecule has 2 rings (SSSR count). The first-order valence-electron chi connectivity index (χ1n) is 4.98.